The third-order valence-corrected chi connectivity index (χ3v) is 5.32. The van der Waals surface area contributed by atoms with Gasteiger partial charge in [-0.1, -0.05) is 48.0 Å². The number of nitrogens with zero attached hydrogens (tertiary/aromatic N) is 5. The second kappa shape index (κ2) is 9.42. The fraction of sp³-hybridized carbons (Fsp3) is 0.160. The van der Waals surface area contributed by atoms with Crippen LogP contribution in [0.1, 0.15) is 18.1 Å². The molecule has 1 N–H and O–H groups in total. The fourth-order valence-electron chi connectivity index (χ4n) is 3.52. The lowest BCUT2D eigenvalue weighted by Gasteiger charge is -2.11. The van der Waals surface area contributed by atoms with Gasteiger partial charge in [-0.25, -0.2) is 14.0 Å². The van der Waals surface area contributed by atoms with Crippen molar-refractivity contribution in [1.82, 2.24) is 18.9 Å². The first-order chi connectivity index (χ1) is 16.4. The van der Waals surface area contributed by atoms with E-state index in [-0.39, 0.29) is 12.1 Å². The Bertz CT molecular complexity index is 1510. The van der Waals surface area contributed by atoms with Crippen LogP contribution in [-0.4, -0.2) is 24.8 Å². The van der Waals surface area contributed by atoms with E-state index in [0.717, 1.165) is 21.4 Å². The maximum absolute atomic E-state index is 12.9. The molecular weight excluding hydrogens is 432 g/mol. The number of para-hydroxylation sites is 1. The van der Waals surface area contributed by atoms with Crippen LogP contribution < -0.4 is 16.6 Å². The van der Waals surface area contributed by atoms with Crippen molar-refractivity contribution in [2.75, 3.05) is 5.32 Å². The first-order valence-corrected chi connectivity index (χ1v) is 10.7. The van der Waals surface area contributed by atoms with Crippen LogP contribution in [0.3, 0.4) is 0 Å². The van der Waals surface area contributed by atoms with Gasteiger partial charge in [0.2, 0.25) is 5.91 Å². The van der Waals surface area contributed by atoms with E-state index in [1.807, 2.05) is 61.5 Å². The largest absolute Gasteiger partial charge is 0.331 e. The Hall–Kier alpha value is -4.71. The second-order valence-corrected chi connectivity index (χ2v) is 7.69. The van der Waals surface area contributed by atoms with E-state index >= 15 is 0 Å². The molecule has 0 aliphatic rings. The minimum absolute atomic E-state index is 0.203. The van der Waals surface area contributed by atoms with Crippen molar-refractivity contribution in [1.29, 1.82) is 5.26 Å². The van der Waals surface area contributed by atoms with E-state index in [9.17, 15) is 19.6 Å². The van der Waals surface area contributed by atoms with Gasteiger partial charge in [-0.05, 0) is 26.0 Å². The highest BCUT2D eigenvalue weighted by Gasteiger charge is 2.17. The monoisotopic (exact) mass is 454 g/mol. The van der Waals surface area contributed by atoms with Crippen molar-refractivity contribution in [3.8, 4) is 23.0 Å². The lowest BCUT2D eigenvalue weighted by Crippen LogP contribution is -2.43. The zero-order valence-corrected chi connectivity index (χ0v) is 18.7. The Labute approximate surface area is 195 Å². The number of hydrogen-bond acceptors (Lipinski definition) is 5. The molecule has 9 nitrogen and oxygen atoms in total. The van der Waals surface area contributed by atoms with Gasteiger partial charge < -0.3 is 5.32 Å². The molecule has 2 aromatic heterocycles. The number of nitriles is 1. The van der Waals surface area contributed by atoms with Crippen LogP contribution in [0.2, 0.25) is 0 Å². The van der Waals surface area contributed by atoms with Gasteiger partial charge in [0.05, 0.1) is 11.4 Å². The zero-order valence-electron chi connectivity index (χ0n) is 18.7. The Morgan fingerprint density at radius 1 is 1.09 bits per heavy atom. The number of aromatic nitrogens is 4. The number of rotatable bonds is 6. The number of benzene rings is 2. The summed E-state index contributed by atoms with van der Waals surface area (Å²) in [4.78, 5) is 38.0. The van der Waals surface area contributed by atoms with Crippen LogP contribution in [-0.2, 0) is 17.9 Å². The molecule has 0 spiro atoms. The van der Waals surface area contributed by atoms with Gasteiger partial charge in [0.15, 0.2) is 0 Å². The normalized spacial score (nSPS) is 10.6. The van der Waals surface area contributed by atoms with E-state index in [0.29, 0.717) is 11.5 Å². The number of amides is 1. The summed E-state index contributed by atoms with van der Waals surface area (Å²) in [5, 5.41) is 16.6. The highest BCUT2D eigenvalue weighted by Crippen LogP contribution is 2.25. The zero-order chi connectivity index (χ0) is 24.2. The van der Waals surface area contributed by atoms with Crippen LogP contribution in [0.4, 0.5) is 5.82 Å². The third kappa shape index (κ3) is 4.42. The molecule has 170 valence electrons. The molecule has 0 saturated heterocycles. The molecular formula is C25H22N6O3. The van der Waals surface area contributed by atoms with Crippen LogP contribution in [0.5, 0.6) is 0 Å². The third-order valence-electron chi connectivity index (χ3n) is 5.32. The van der Waals surface area contributed by atoms with Gasteiger partial charge in [-0.15, -0.1) is 0 Å². The van der Waals surface area contributed by atoms with Gasteiger partial charge in [-0.2, -0.15) is 10.4 Å². The highest BCUT2D eigenvalue weighted by molar-refractivity contribution is 5.90. The standard InChI is InChI=1S/C25H22N6O3/c1-3-29-15-19(14-26)24(33)30(25(29)34)16-23(32)27-22-13-21(18-11-9-17(2)10-12-18)28-31(22)20-7-5-4-6-8-20/h4-13,15H,3,16H2,1-2H3,(H,27,32). The molecule has 0 saturated carbocycles. The van der Waals surface area contributed by atoms with Crippen molar-refractivity contribution in [2.45, 2.75) is 26.9 Å². The Morgan fingerprint density at radius 2 is 1.79 bits per heavy atom. The van der Waals surface area contributed by atoms with Crippen LogP contribution >= 0.6 is 0 Å². The van der Waals surface area contributed by atoms with Crippen molar-refractivity contribution in [3.63, 3.8) is 0 Å². The summed E-state index contributed by atoms with van der Waals surface area (Å²) in [5.74, 6) is -0.212. The lowest BCUT2D eigenvalue weighted by atomic mass is 10.1. The molecule has 2 heterocycles. The molecule has 4 aromatic rings. The van der Waals surface area contributed by atoms with Crippen LogP contribution in [0.25, 0.3) is 16.9 Å². The predicted octanol–water partition coefficient (Wildman–Crippen LogP) is 2.70. The highest BCUT2D eigenvalue weighted by atomic mass is 16.2. The fourth-order valence-corrected chi connectivity index (χ4v) is 3.52. The molecule has 9 heteroatoms. The molecule has 4 rings (SSSR count). The molecule has 0 unspecified atom stereocenters. The van der Waals surface area contributed by atoms with Gasteiger partial charge >= 0.3 is 5.69 Å². The molecule has 0 radical (unpaired) electrons. The van der Waals surface area contributed by atoms with Gasteiger partial charge in [0.1, 0.15) is 24.0 Å². The number of hydrogen-bond donors (Lipinski definition) is 1. The second-order valence-electron chi connectivity index (χ2n) is 7.69. The summed E-state index contributed by atoms with van der Waals surface area (Å²) in [7, 11) is 0. The first-order valence-electron chi connectivity index (χ1n) is 10.7. The summed E-state index contributed by atoms with van der Waals surface area (Å²) in [6.45, 7) is 3.43. The first kappa shape index (κ1) is 22.5. The van der Waals surface area contributed by atoms with Gasteiger partial charge in [0.25, 0.3) is 5.56 Å². The summed E-state index contributed by atoms with van der Waals surface area (Å²) >= 11 is 0. The molecule has 0 bridgehead atoms. The Kier molecular flexibility index (Phi) is 6.23. The molecule has 0 fully saturated rings. The lowest BCUT2D eigenvalue weighted by molar-refractivity contribution is -0.116. The van der Waals surface area contributed by atoms with E-state index in [1.165, 1.54) is 10.8 Å². The Morgan fingerprint density at radius 3 is 2.44 bits per heavy atom. The smallest absolute Gasteiger partial charge is 0.309 e. The van der Waals surface area contributed by atoms with Gasteiger partial charge in [-0.3, -0.25) is 14.2 Å². The predicted molar refractivity (Wildman–Crippen MR) is 128 cm³/mol. The number of nitrogens with one attached hydrogen (secondary N) is 1. The maximum Gasteiger partial charge on any atom is 0.331 e. The molecule has 1 amide bonds. The van der Waals surface area contributed by atoms with E-state index < -0.39 is 23.7 Å². The van der Waals surface area contributed by atoms with E-state index in [1.54, 1.807) is 23.7 Å². The minimum atomic E-state index is -0.802. The van der Waals surface area contributed by atoms with Gasteiger partial charge in [0, 0.05) is 24.4 Å². The summed E-state index contributed by atoms with van der Waals surface area (Å²) < 4.78 is 3.57. The van der Waals surface area contributed by atoms with E-state index in [2.05, 4.69) is 10.4 Å². The van der Waals surface area contributed by atoms with Crippen LogP contribution in [0, 0.1) is 18.3 Å². The van der Waals surface area contributed by atoms with Crippen molar-refractivity contribution in [2.24, 2.45) is 0 Å². The minimum Gasteiger partial charge on any atom is -0.309 e. The molecule has 2 aromatic carbocycles. The molecule has 0 aliphatic carbocycles. The van der Waals surface area contributed by atoms with Crippen molar-refractivity contribution < 1.29 is 4.79 Å². The topological polar surface area (TPSA) is 115 Å². The quantitative estimate of drug-likeness (QED) is 0.481. The maximum atomic E-state index is 12.9. The molecule has 0 atom stereocenters. The van der Waals surface area contributed by atoms with E-state index in [4.69, 9.17) is 0 Å². The number of carbonyl (C=O) groups is 1. The summed E-state index contributed by atoms with van der Waals surface area (Å²) in [6.07, 6.45) is 1.21. The molecule has 34 heavy (non-hydrogen) atoms. The van der Waals surface area contributed by atoms with Crippen molar-refractivity contribution >= 4 is 11.7 Å². The van der Waals surface area contributed by atoms with Crippen LogP contribution in [0.15, 0.2) is 76.4 Å². The molecule has 0 aliphatic heterocycles. The number of carbonyl (C=O) groups excluding carboxylic acids is 1. The average Bonchev–Trinajstić information content (AvgIpc) is 3.26. The summed E-state index contributed by atoms with van der Waals surface area (Å²) in [6, 6.07) is 20.6. The number of anilines is 1. The average molecular weight is 454 g/mol. The SMILES string of the molecule is CCn1cc(C#N)c(=O)n(CC(=O)Nc2cc(-c3ccc(C)cc3)nn2-c2ccccc2)c1=O. The summed E-state index contributed by atoms with van der Waals surface area (Å²) in [5.41, 5.74) is 1.71. The number of aryl methyl sites for hydroxylation is 2. The van der Waals surface area contributed by atoms with Crippen molar-refractivity contribution in [3.05, 3.63) is 98.8 Å². The Balaban J connectivity index is 1.71.